The van der Waals surface area contributed by atoms with Crippen LogP contribution in [0.2, 0.25) is 0 Å². The summed E-state index contributed by atoms with van der Waals surface area (Å²) in [4.78, 5) is 22.2. The van der Waals surface area contributed by atoms with Crippen LogP contribution in [0.3, 0.4) is 0 Å². The van der Waals surface area contributed by atoms with E-state index in [-0.39, 0.29) is 22.6 Å². The molecule has 2 aromatic rings. The lowest BCUT2D eigenvalue weighted by Gasteiger charge is -2.08. The van der Waals surface area contributed by atoms with Gasteiger partial charge in [0.25, 0.3) is 11.6 Å². The molecule has 0 unspecified atom stereocenters. The molecule has 0 aliphatic heterocycles. The van der Waals surface area contributed by atoms with Gasteiger partial charge in [-0.25, -0.2) is 4.39 Å². The number of hydrogen-bond donors (Lipinski definition) is 2. The Morgan fingerprint density at radius 1 is 1.25 bits per heavy atom. The van der Waals surface area contributed by atoms with E-state index >= 15 is 0 Å². The molecule has 0 aliphatic carbocycles. The van der Waals surface area contributed by atoms with Crippen molar-refractivity contribution in [2.24, 2.45) is 0 Å². The maximum absolute atomic E-state index is 13.1. The van der Waals surface area contributed by atoms with E-state index in [4.69, 9.17) is 5.73 Å². The number of nitrogen functional groups attached to an aromatic ring is 1. The van der Waals surface area contributed by atoms with Crippen LogP contribution in [-0.4, -0.2) is 10.8 Å². The molecule has 0 bridgehead atoms. The number of nitrogens with zero attached hydrogens (tertiary/aromatic N) is 1. The molecule has 0 spiro atoms. The predicted molar refractivity (Wildman–Crippen MR) is 71.9 cm³/mol. The highest BCUT2D eigenvalue weighted by Crippen LogP contribution is 2.23. The van der Waals surface area contributed by atoms with E-state index in [0.29, 0.717) is 0 Å². The number of nitro benzene ring substituents is 1. The zero-order chi connectivity index (χ0) is 14.7. The molecule has 0 saturated heterocycles. The topological polar surface area (TPSA) is 98.3 Å². The van der Waals surface area contributed by atoms with E-state index in [1.165, 1.54) is 30.3 Å². The average molecular weight is 275 g/mol. The maximum Gasteiger partial charge on any atom is 0.282 e. The molecule has 2 aromatic carbocycles. The van der Waals surface area contributed by atoms with Gasteiger partial charge in [-0.2, -0.15) is 0 Å². The summed E-state index contributed by atoms with van der Waals surface area (Å²) in [7, 11) is 0. The normalized spacial score (nSPS) is 10.1. The Morgan fingerprint density at radius 3 is 2.65 bits per heavy atom. The number of nitrogens with one attached hydrogen (secondary N) is 1. The third-order valence-electron chi connectivity index (χ3n) is 2.61. The Balaban J connectivity index is 2.33. The largest absolute Gasteiger partial charge is 0.397 e. The lowest BCUT2D eigenvalue weighted by molar-refractivity contribution is -0.385. The van der Waals surface area contributed by atoms with Gasteiger partial charge in [-0.05, 0) is 24.3 Å². The van der Waals surface area contributed by atoms with Gasteiger partial charge in [-0.3, -0.25) is 14.9 Å². The highest BCUT2D eigenvalue weighted by atomic mass is 19.1. The van der Waals surface area contributed by atoms with Crippen LogP contribution in [0.1, 0.15) is 10.4 Å². The molecular formula is C13H10FN3O3. The summed E-state index contributed by atoms with van der Waals surface area (Å²) in [6.07, 6.45) is 0. The molecule has 0 saturated carbocycles. The van der Waals surface area contributed by atoms with Crippen molar-refractivity contribution >= 4 is 23.0 Å². The second-order valence-electron chi connectivity index (χ2n) is 3.96. The second kappa shape index (κ2) is 5.35. The summed E-state index contributed by atoms with van der Waals surface area (Å²) in [5.41, 5.74) is 5.37. The highest BCUT2D eigenvalue weighted by molar-refractivity contribution is 6.08. The fourth-order valence-electron chi connectivity index (χ4n) is 1.65. The summed E-state index contributed by atoms with van der Waals surface area (Å²) in [5, 5.41) is 13.2. The van der Waals surface area contributed by atoms with Gasteiger partial charge < -0.3 is 11.1 Å². The molecule has 2 rings (SSSR count). The van der Waals surface area contributed by atoms with Gasteiger partial charge in [0.05, 0.1) is 16.3 Å². The third-order valence-corrected chi connectivity index (χ3v) is 2.61. The SMILES string of the molecule is Nc1ccc(F)cc1NC(=O)c1ccccc1[N+](=O)[O-]. The van der Waals surface area contributed by atoms with Gasteiger partial charge in [0, 0.05) is 6.07 Å². The maximum atomic E-state index is 13.1. The molecule has 0 aromatic heterocycles. The van der Waals surface area contributed by atoms with Gasteiger partial charge >= 0.3 is 0 Å². The molecule has 0 fully saturated rings. The van der Waals surface area contributed by atoms with Gasteiger partial charge in [0.15, 0.2) is 0 Å². The van der Waals surface area contributed by atoms with Crippen LogP contribution >= 0.6 is 0 Å². The van der Waals surface area contributed by atoms with Crippen LogP contribution in [0.25, 0.3) is 0 Å². The molecule has 0 atom stereocenters. The van der Waals surface area contributed by atoms with E-state index in [9.17, 15) is 19.3 Å². The van der Waals surface area contributed by atoms with Gasteiger partial charge in [0.2, 0.25) is 0 Å². The minimum atomic E-state index is -0.727. The van der Waals surface area contributed by atoms with E-state index in [2.05, 4.69) is 5.32 Å². The summed E-state index contributed by atoms with van der Waals surface area (Å²) in [5.74, 6) is -1.30. The number of amides is 1. The van der Waals surface area contributed by atoms with E-state index < -0.39 is 16.6 Å². The van der Waals surface area contributed by atoms with Crippen molar-refractivity contribution in [3.63, 3.8) is 0 Å². The molecule has 0 aliphatic rings. The van der Waals surface area contributed by atoms with E-state index in [1.54, 1.807) is 0 Å². The fourth-order valence-corrected chi connectivity index (χ4v) is 1.65. The summed E-state index contributed by atoms with van der Waals surface area (Å²) in [6, 6.07) is 8.96. The molecule has 0 radical (unpaired) electrons. The molecule has 20 heavy (non-hydrogen) atoms. The predicted octanol–water partition coefficient (Wildman–Crippen LogP) is 2.57. The van der Waals surface area contributed by atoms with Crippen LogP contribution in [0.4, 0.5) is 21.5 Å². The number of anilines is 2. The number of carbonyl (C=O) groups excluding carboxylic acids is 1. The fraction of sp³-hybridized carbons (Fsp3) is 0. The monoisotopic (exact) mass is 275 g/mol. The lowest BCUT2D eigenvalue weighted by Crippen LogP contribution is -2.15. The minimum Gasteiger partial charge on any atom is -0.397 e. The number of para-hydroxylation sites is 1. The summed E-state index contributed by atoms with van der Waals surface area (Å²) < 4.78 is 13.1. The Bertz CT molecular complexity index is 688. The Morgan fingerprint density at radius 2 is 1.95 bits per heavy atom. The minimum absolute atomic E-state index is 0.0631. The second-order valence-corrected chi connectivity index (χ2v) is 3.96. The first kappa shape index (κ1) is 13.5. The number of rotatable bonds is 3. The Kier molecular flexibility index (Phi) is 3.60. The van der Waals surface area contributed by atoms with Gasteiger partial charge in [-0.15, -0.1) is 0 Å². The van der Waals surface area contributed by atoms with Crippen molar-refractivity contribution in [3.05, 3.63) is 64.0 Å². The van der Waals surface area contributed by atoms with Gasteiger partial charge in [0.1, 0.15) is 11.4 Å². The first-order valence-electron chi connectivity index (χ1n) is 5.59. The number of halogens is 1. The van der Waals surface area contributed by atoms with Crippen LogP contribution in [-0.2, 0) is 0 Å². The molecule has 102 valence electrons. The molecule has 7 heteroatoms. The number of carbonyl (C=O) groups is 1. The van der Waals surface area contributed by atoms with Crippen LogP contribution < -0.4 is 11.1 Å². The van der Waals surface area contributed by atoms with Crippen molar-refractivity contribution in [2.45, 2.75) is 0 Å². The third kappa shape index (κ3) is 2.72. The Hall–Kier alpha value is -2.96. The molecule has 1 amide bonds. The average Bonchev–Trinajstić information content (AvgIpc) is 2.42. The van der Waals surface area contributed by atoms with Crippen molar-refractivity contribution in [1.82, 2.24) is 0 Å². The van der Waals surface area contributed by atoms with E-state index in [0.717, 1.165) is 12.1 Å². The first-order valence-corrected chi connectivity index (χ1v) is 5.59. The van der Waals surface area contributed by atoms with Crippen molar-refractivity contribution in [3.8, 4) is 0 Å². The Labute approximate surface area is 113 Å². The van der Waals surface area contributed by atoms with E-state index in [1.807, 2.05) is 0 Å². The number of benzene rings is 2. The molecule has 3 N–H and O–H groups in total. The molecule has 0 heterocycles. The quantitative estimate of drug-likeness (QED) is 0.511. The zero-order valence-corrected chi connectivity index (χ0v) is 10.2. The zero-order valence-electron chi connectivity index (χ0n) is 10.2. The van der Waals surface area contributed by atoms with Gasteiger partial charge in [-0.1, -0.05) is 12.1 Å². The van der Waals surface area contributed by atoms with Crippen molar-refractivity contribution in [1.29, 1.82) is 0 Å². The first-order chi connectivity index (χ1) is 9.49. The van der Waals surface area contributed by atoms with Crippen LogP contribution in [0.15, 0.2) is 42.5 Å². The van der Waals surface area contributed by atoms with Crippen molar-refractivity contribution < 1.29 is 14.1 Å². The number of nitrogens with two attached hydrogens (primary N) is 1. The molecule has 6 nitrogen and oxygen atoms in total. The van der Waals surface area contributed by atoms with Crippen LogP contribution in [0.5, 0.6) is 0 Å². The standard InChI is InChI=1S/C13H10FN3O3/c14-8-5-6-10(15)11(7-8)16-13(18)9-3-1-2-4-12(9)17(19)20/h1-7H,15H2,(H,16,18). The molecular weight excluding hydrogens is 265 g/mol. The van der Waals surface area contributed by atoms with Crippen molar-refractivity contribution in [2.75, 3.05) is 11.1 Å². The summed E-state index contributed by atoms with van der Waals surface area (Å²) >= 11 is 0. The summed E-state index contributed by atoms with van der Waals surface area (Å²) in [6.45, 7) is 0. The lowest BCUT2D eigenvalue weighted by atomic mass is 10.1. The smallest absolute Gasteiger partial charge is 0.282 e. The highest BCUT2D eigenvalue weighted by Gasteiger charge is 2.19. The van der Waals surface area contributed by atoms with Crippen LogP contribution in [0, 0.1) is 15.9 Å². The number of hydrogen-bond acceptors (Lipinski definition) is 4. The number of nitro groups is 1.